The number of rotatable bonds is 4. The van der Waals surface area contributed by atoms with E-state index in [4.69, 9.17) is 0 Å². The molecule has 26 heavy (non-hydrogen) atoms. The maximum atomic E-state index is 4.37. The molecule has 2 aromatic rings. The number of hydrogen-bond acceptors (Lipinski definition) is 4. The normalized spacial score (nSPS) is 19.5. The van der Waals surface area contributed by atoms with E-state index in [0.29, 0.717) is 6.04 Å². The molecule has 0 saturated carbocycles. The Balaban J connectivity index is 1.32. The predicted molar refractivity (Wildman–Crippen MR) is 103 cm³/mol. The van der Waals surface area contributed by atoms with Crippen LogP contribution in [-0.4, -0.2) is 46.9 Å². The highest BCUT2D eigenvalue weighted by Crippen LogP contribution is 2.18. The largest absolute Gasteiger partial charge is 0.364 e. The monoisotopic (exact) mass is 351 g/mol. The van der Waals surface area contributed by atoms with Crippen molar-refractivity contribution in [3.05, 3.63) is 54.1 Å². The first-order valence-corrected chi connectivity index (χ1v) is 9.14. The van der Waals surface area contributed by atoms with Gasteiger partial charge in [-0.1, -0.05) is 24.3 Å². The first-order chi connectivity index (χ1) is 12.8. The molecule has 0 radical (unpaired) electrons. The number of anilines is 1. The minimum atomic E-state index is 0.317. The van der Waals surface area contributed by atoms with Gasteiger partial charge in [0.25, 0.3) is 0 Å². The van der Waals surface area contributed by atoms with Crippen molar-refractivity contribution in [2.75, 3.05) is 25.0 Å². The molecular formula is C19H25N7. The SMILES string of the molecule is CN=C(NCc1cccc(N2CC=CC2)c1)NC1CCc2ncnn2C1. The Morgan fingerprint density at radius 1 is 1.31 bits per heavy atom. The second kappa shape index (κ2) is 7.59. The molecule has 2 aliphatic heterocycles. The van der Waals surface area contributed by atoms with Crippen molar-refractivity contribution in [1.82, 2.24) is 25.4 Å². The van der Waals surface area contributed by atoms with Gasteiger partial charge in [-0.3, -0.25) is 4.99 Å². The lowest BCUT2D eigenvalue weighted by atomic mass is 10.1. The van der Waals surface area contributed by atoms with Gasteiger partial charge in [0, 0.05) is 44.8 Å². The predicted octanol–water partition coefficient (Wildman–Crippen LogP) is 1.33. The van der Waals surface area contributed by atoms with Crippen molar-refractivity contribution in [3.8, 4) is 0 Å². The molecular weight excluding hydrogens is 326 g/mol. The molecule has 7 nitrogen and oxygen atoms in total. The Morgan fingerprint density at radius 2 is 2.19 bits per heavy atom. The van der Waals surface area contributed by atoms with Crippen LogP contribution in [0, 0.1) is 0 Å². The zero-order valence-corrected chi connectivity index (χ0v) is 15.1. The Labute approximate surface area is 153 Å². The highest BCUT2D eigenvalue weighted by atomic mass is 15.4. The van der Waals surface area contributed by atoms with Crippen LogP contribution in [0.25, 0.3) is 0 Å². The first kappa shape index (κ1) is 16.6. The third kappa shape index (κ3) is 3.71. The third-order valence-electron chi connectivity index (χ3n) is 4.92. The molecule has 0 fully saturated rings. The van der Waals surface area contributed by atoms with Crippen LogP contribution < -0.4 is 15.5 Å². The summed E-state index contributed by atoms with van der Waals surface area (Å²) in [5.41, 5.74) is 2.52. The molecule has 2 N–H and O–H groups in total. The van der Waals surface area contributed by atoms with Gasteiger partial charge in [-0.2, -0.15) is 5.10 Å². The molecule has 4 rings (SSSR count). The molecule has 2 aliphatic rings. The quantitative estimate of drug-likeness (QED) is 0.494. The minimum absolute atomic E-state index is 0.317. The summed E-state index contributed by atoms with van der Waals surface area (Å²) < 4.78 is 1.97. The zero-order valence-electron chi connectivity index (χ0n) is 15.1. The smallest absolute Gasteiger partial charge is 0.191 e. The van der Waals surface area contributed by atoms with Crippen LogP contribution in [0.4, 0.5) is 5.69 Å². The van der Waals surface area contributed by atoms with Gasteiger partial charge in [0.2, 0.25) is 0 Å². The summed E-state index contributed by atoms with van der Waals surface area (Å²) in [6.45, 7) is 3.56. The van der Waals surface area contributed by atoms with E-state index >= 15 is 0 Å². The van der Waals surface area contributed by atoms with Crippen molar-refractivity contribution in [2.24, 2.45) is 4.99 Å². The highest BCUT2D eigenvalue weighted by molar-refractivity contribution is 5.80. The molecule has 0 aliphatic carbocycles. The summed E-state index contributed by atoms with van der Waals surface area (Å²) in [6.07, 6.45) is 8.04. The van der Waals surface area contributed by atoms with Gasteiger partial charge >= 0.3 is 0 Å². The Hall–Kier alpha value is -2.83. The van der Waals surface area contributed by atoms with Crippen molar-refractivity contribution >= 4 is 11.6 Å². The third-order valence-corrected chi connectivity index (χ3v) is 4.92. The van der Waals surface area contributed by atoms with Crippen LogP contribution >= 0.6 is 0 Å². The van der Waals surface area contributed by atoms with Crippen molar-refractivity contribution < 1.29 is 0 Å². The van der Waals surface area contributed by atoms with Gasteiger partial charge in [-0.05, 0) is 24.1 Å². The molecule has 0 spiro atoms. The van der Waals surface area contributed by atoms with E-state index in [1.54, 1.807) is 6.33 Å². The van der Waals surface area contributed by atoms with E-state index in [0.717, 1.165) is 50.8 Å². The fourth-order valence-electron chi connectivity index (χ4n) is 3.48. The Morgan fingerprint density at radius 3 is 3.04 bits per heavy atom. The van der Waals surface area contributed by atoms with Crippen LogP contribution in [0.15, 0.2) is 47.7 Å². The average Bonchev–Trinajstić information content (AvgIpc) is 3.36. The zero-order chi connectivity index (χ0) is 17.8. The molecule has 3 heterocycles. The number of fused-ring (bicyclic) bond motifs is 1. The summed E-state index contributed by atoms with van der Waals surface area (Å²) >= 11 is 0. The number of nitrogens with one attached hydrogen (secondary N) is 2. The second-order valence-corrected chi connectivity index (χ2v) is 6.71. The standard InChI is InChI=1S/C19H25N7/c1-20-19(24-16-7-8-18-22-14-23-26(18)13-16)21-12-15-5-4-6-17(11-15)25-9-2-3-10-25/h2-6,11,14,16H,7-10,12-13H2,1H3,(H2,20,21,24). The van der Waals surface area contributed by atoms with Gasteiger partial charge in [-0.25, -0.2) is 9.67 Å². The number of guanidine groups is 1. The lowest BCUT2D eigenvalue weighted by Gasteiger charge is -2.25. The highest BCUT2D eigenvalue weighted by Gasteiger charge is 2.20. The van der Waals surface area contributed by atoms with Crippen LogP contribution in [0.2, 0.25) is 0 Å². The van der Waals surface area contributed by atoms with Gasteiger partial charge in [0.15, 0.2) is 5.96 Å². The summed E-state index contributed by atoms with van der Waals surface area (Å²) in [5.74, 6) is 1.89. The Bertz CT molecular complexity index is 800. The van der Waals surface area contributed by atoms with Crippen molar-refractivity contribution in [3.63, 3.8) is 0 Å². The molecule has 136 valence electrons. The number of aryl methyl sites for hydroxylation is 1. The van der Waals surface area contributed by atoms with E-state index in [1.807, 2.05) is 11.7 Å². The molecule has 1 aromatic heterocycles. The van der Waals surface area contributed by atoms with E-state index in [2.05, 4.69) is 67.0 Å². The first-order valence-electron chi connectivity index (χ1n) is 9.14. The van der Waals surface area contributed by atoms with Gasteiger partial charge in [0.05, 0.1) is 6.54 Å². The van der Waals surface area contributed by atoms with Crippen LogP contribution in [0.5, 0.6) is 0 Å². The molecule has 7 heteroatoms. The molecule has 1 unspecified atom stereocenters. The molecule has 1 atom stereocenters. The van der Waals surface area contributed by atoms with Crippen LogP contribution in [0.3, 0.4) is 0 Å². The van der Waals surface area contributed by atoms with Gasteiger partial charge in [0.1, 0.15) is 12.2 Å². The summed E-state index contributed by atoms with van der Waals surface area (Å²) in [6, 6.07) is 9.00. The van der Waals surface area contributed by atoms with Crippen molar-refractivity contribution in [1.29, 1.82) is 0 Å². The number of nitrogens with zero attached hydrogens (tertiary/aromatic N) is 5. The maximum absolute atomic E-state index is 4.37. The fraction of sp³-hybridized carbons (Fsp3) is 0.421. The number of aromatic nitrogens is 3. The average molecular weight is 351 g/mol. The van der Waals surface area contributed by atoms with E-state index in [9.17, 15) is 0 Å². The number of benzene rings is 1. The minimum Gasteiger partial charge on any atom is -0.364 e. The molecule has 0 amide bonds. The van der Waals surface area contributed by atoms with Gasteiger partial charge < -0.3 is 15.5 Å². The number of hydrogen-bond donors (Lipinski definition) is 2. The second-order valence-electron chi connectivity index (χ2n) is 6.71. The number of aliphatic imine (C=N–C) groups is 1. The lowest BCUT2D eigenvalue weighted by molar-refractivity contribution is 0.392. The summed E-state index contributed by atoms with van der Waals surface area (Å²) in [7, 11) is 1.81. The van der Waals surface area contributed by atoms with Crippen LogP contribution in [-0.2, 0) is 19.5 Å². The molecule has 0 saturated heterocycles. The van der Waals surface area contributed by atoms with Crippen LogP contribution in [0.1, 0.15) is 17.8 Å². The molecule has 0 bridgehead atoms. The van der Waals surface area contributed by atoms with Gasteiger partial charge in [-0.15, -0.1) is 0 Å². The maximum Gasteiger partial charge on any atom is 0.191 e. The van der Waals surface area contributed by atoms with E-state index in [1.165, 1.54) is 11.3 Å². The summed E-state index contributed by atoms with van der Waals surface area (Å²) in [4.78, 5) is 11.0. The van der Waals surface area contributed by atoms with E-state index < -0.39 is 0 Å². The van der Waals surface area contributed by atoms with Crippen molar-refractivity contribution in [2.45, 2.75) is 32.0 Å². The van der Waals surface area contributed by atoms with E-state index in [-0.39, 0.29) is 0 Å². The topological polar surface area (TPSA) is 70.4 Å². The lowest BCUT2D eigenvalue weighted by Crippen LogP contribution is -2.46. The fourth-order valence-corrected chi connectivity index (χ4v) is 3.48. The molecule has 1 aromatic carbocycles. The Kier molecular flexibility index (Phi) is 4.86. The summed E-state index contributed by atoms with van der Waals surface area (Å²) in [5, 5.41) is 11.2.